The molecule has 0 radical (unpaired) electrons. The van der Waals surface area contributed by atoms with Crippen LogP contribution in [0.1, 0.15) is 26.3 Å². The van der Waals surface area contributed by atoms with Gasteiger partial charge in [-0.2, -0.15) is 10.4 Å². The molecule has 146 valence electrons. The van der Waals surface area contributed by atoms with Crippen LogP contribution in [-0.4, -0.2) is 26.9 Å². The second-order valence-electron chi connectivity index (χ2n) is 7.42. The van der Waals surface area contributed by atoms with Crippen LogP contribution in [0.25, 0.3) is 5.69 Å². The van der Waals surface area contributed by atoms with Crippen LogP contribution >= 0.6 is 0 Å². The number of hydrogen-bond donors (Lipinski definition) is 1. The van der Waals surface area contributed by atoms with Crippen molar-refractivity contribution in [1.29, 1.82) is 5.26 Å². The van der Waals surface area contributed by atoms with Crippen molar-refractivity contribution >= 4 is 5.69 Å². The first-order valence-electron chi connectivity index (χ1n) is 9.34. The molecular weight excluding hydrogens is 364 g/mol. The van der Waals surface area contributed by atoms with Crippen LogP contribution in [-0.2, 0) is 0 Å². The van der Waals surface area contributed by atoms with Crippen molar-refractivity contribution in [2.24, 2.45) is 0 Å². The number of allylic oxidation sites excluding steroid dienone is 1. The molecule has 0 aliphatic carbocycles. The Morgan fingerprint density at radius 2 is 1.76 bits per heavy atom. The fraction of sp³-hybridized carbons (Fsp3) is 0.227. The molecule has 0 bridgehead atoms. The normalized spacial score (nSPS) is 15.4. The largest absolute Gasteiger partial charge is 0.489 e. The van der Waals surface area contributed by atoms with E-state index in [1.807, 2.05) is 53.5 Å². The molecule has 0 atom stereocenters. The maximum atomic E-state index is 9.01. The fourth-order valence-electron chi connectivity index (χ4n) is 3.44. The van der Waals surface area contributed by atoms with Gasteiger partial charge in [0.1, 0.15) is 25.0 Å². The highest BCUT2D eigenvalue weighted by Crippen LogP contribution is 2.33. The molecule has 4 rings (SSSR count). The molecule has 0 amide bonds. The van der Waals surface area contributed by atoms with Crippen molar-refractivity contribution in [3.8, 4) is 17.5 Å². The number of hydrogen-bond acceptors (Lipinski definition) is 6. The van der Waals surface area contributed by atoms with E-state index in [-0.39, 0.29) is 5.54 Å². The molecule has 1 N–H and O–H groups in total. The molecule has 0 saturated heterocycles. The number of nitrogens with one attached hydrogen (secondary N) is 1. The number of ether oxygens (including phenoxy) is 1. The van der Waals surface area contributed by atoms with Gasteiger partial charge in [-0.15, -0.1) is 0 Å². The highest BCUT2D eigenvalue weighted by Gasteiger charge is 2.36. The van der Waals surface area contributed by atoms with Crippen molar-refractivity contribution in [3.05, 3.63) is 78.0 Å². The average Bonchev–Trinajstić information content (AvgIpc) is 3.34. The lowest BCUT2D eigenvalue weighted by atomic mass is 9.95. The Bertz CT molecular complexity index is 1060. The summed E-state index contributed by atoms with van der Waals surface area (Å²) in [5.74, 6) is 0.793. The van der Waals surface area contributed by atoms with E-state index >= 15 is 0 Å². The zero-order valence-electron chi connectivity index (χ0n) is 16.6. The minimum atomic E-state index is -0.251. The first kappa shape index (κ1) is 18.7. The zero-order valence-corrected chi connectivity index (χ0v) is 16.6. The standard InChI is InChI=1S/C22H22N6O/c1-16-21(13-29-20-10-8-18(9-11-20)27-15-24-14-25-27)22(2,3)26-28(16)19-6-4-17(12-23)5-7-19/h4-11,14-15,26H,13H2,1-3H3. The molecule has 1 aliphatic rings. The van der Waals surface area contributed by atoms with Gasteiger partial charge < -0.3 is 4.74 Å². The summed E-state index contributed by atoms with van der Waals surface area (Å²) >= 11 is 0. The number of rotatable bonds is 5. The Morgan fingerprint density at radius 3 is 2.38 bits per heavy atom. The van der Waals surface area contributed by atoms with Gasteiger partial charge in [0.2, 0.25) is 0 Å². The SMILES string of the molecule is CC1=C(COc2ccc(-n3cncn3)cc2)C(C)(C)NN1c1ccc(C#N)cc1. The van der Waals surface area contributed by atoms with Crippen molar-refractivity contribution in [2.75, 3.05) is 11.6 Å². The highest BCUT2D eigenvalue weighted by molar-refractivity contribution is 5.57. The second kappa shape index (κ2) is 7.41. The topological polar surface area (TPSA) is 79.0 Å². The predicted molar refractivity (Wildman–Crippen MR) is 110 cm³/mol. The van der Waals surface area contributed by atoms with Gasteiger partial charge in [-0.25, -0.2) is 15.1 Å². The van der Waals surface area contributed by atoms with Crippen LogP contribution < -0.4 is 15.2 Å². The molecule has 2 heterocycles. The summed E-state index contributed by atoms with van der Waals surface area (Å²) in [7, 11) is 0. The number of hydrazine groups is 1. The Kier molecular flexibility index (Phi) is 4.79. The molecule has 2 aromatic carbocycles. The van der Waals surface area contributed by atoms with Crippen LogP contribution in [0.5, 0.6) is 5.75 Å². The molecule has 0 saturated carbocycles. The van der Waals surface area contributed by atoms with Crippen LogP contribution in [0.2, 0.25) is 0 Å². The van der Waals surface area contributed by atoms with Gasteiger partial charge in [0.15, 0.2) is 0 Å². The Labute approximate surface area is 169 Å². The minimum absolute atomic E-state index is 0.251. The van der Waals surface area contributed by atoms with E-state index in [9.17, 15) is 0 Å². The van der Waals surface area contributed by atoms with E-state index in [2.05, 4.69) is 42.3 Å². The van der Waals surface area contributed by atoms with Gasteiger partial charge in [-0.3, -0.25) is 5.01 Å². The van der Waals surface area contributed by atoms with E-state index in [1.54, 1.807) is 11.0 Å². The summed E-state index contributed by atoms with van der Waals surface area (Å²) in [5.41, 5.74) is 8.10. The summed E-state index contributed by atoms with van der Waals surface area (Å²) in [6.07, 6.45) is 3.17. The summed E-state index contributed by atoms with van der Waals surface area (Å²) in [4.78, 5) is 3.96. The minimum Gasteiger partial charge on any atom is -0.489 e. The number of nitriles is 1. The van der Waals surface area contributed by atoms with E-state index in [0.29, 0.717) is 12.2 Å². The molecule has 1 aromatic heterocycles. The summed E-state index contributed by atoms with van der Waals surface area (Å²) in [5, 5.41) is 15.2. The lowest BCUT2D eigenvalue weighted by molar-refractivity contribution is 0.325. The first-order valence-corrected chi connectivity index (χ1v) is 9.34. The molecule has 29 heavy (non-hydrogen) atoms. The van der Waals surface area contributed by atoms with E-state index < -0.39 is 0 Å². The molecule has 0 fully saturated rings. The second-order valence-corrected chi connectivity index (χ2v) is 7.42. The van der Waals surface area contributed by atoms with Crippen molar-refractivity contribution in [1.82, 2.24) is 20.2 Å². The van der Waals surface area contributed by atoms with Crippen LogP contribution in [0.3, 0.4) is 0 Å². The van der Waals surface area contributed by atoms with Crippen LogP contribution in [0.15, 0.2) is 72.5 Å². The molecule has 0 unspecified atom stereocenters. The van der Waals surface area contributed by atoms with Gasteiger partial charge in [0, 0.05) is 11.3 Å². The molecular formula is C22H22N6O. The predicted octanol–water partition coefficient (Wildman–Crippen LogP) is 3.60. The molecule has 3 aromatic rings. The van der Waals surface area contributed by atoms with E-state index in [1.165, 1.54) is 11.9 Å². The smallest absolute Gasteiger partial charge is 0.138 e. The summed E-state index contributed by atoms with van der Waals surface area (Å²) < 4.78 is 7.78. The first-order chi connectivity index (χ1) is 14.0. The number of nitrogens with zero attached hydrogens (tertiary/aromatic N) is 5. The molecule has 7 nitrogen and oxygen atoms in total. The van der Waals surface area contributed by atoms with E-state index in [0.717, 1.165) is 22.8 Å². The lowest BCUT2D eigenvalue weighted by Crippen LogP contribution is -2.44. The third-order valence-electron chi connectivity index (χ3n) is 5.08. The third-order valence-corrected chi connectivity index (χ3v) is 5.08. The quantitative estimate of drug-likeness (QED) is 0.722. The monoisotopic (exact) mass is 386 g/mol. The molecule has 0 spiro atoms. The molecule has 1 aliphatic heterocycles. The van der Waals surface area contributed by atoms with Gasteiger partial charge in [0.25, 0.3) is 0 Å². The summed E-state index contributed by atoms with van der Waals surface area (Å²) in [6.45, 7) is 6.81. The van der Waals surface area contributed by atoms with Crippen molar-refractivity contribution in [3.63, 3.8) is 0 Å². The van der Waals surface area contributed by atoms with Crippen LogP contribution in [0, 0.1) is 11.3 Å². The lowest BCUT2D eigenvalue weighted by Gasteiger charge is -2.27. The maximum absolute atomic E-state index is 9.01. The molecule has 7 heteroatoms. The van der Waals surface area contributed by atoms with Crippen molar-refractivity contribution in [2.45, 2.75) is 26.3 Å². The number of aromatic nitrogens is 3. The third kappa shape index (κ3) is 3.71. The number of anilines is 1. The van der Waals surface area contributed by atoms with Crippen molar-refractivity contribution < 1.29 is 4.74 Å². The van der Waals surface area contributed by atoms with E-state index in [4.69, 9.17) is 10.00 Å². The van der Waals surface area contributed by atoms with Gasteiger partial charge in [-0.05, 0) is 69.3 Å². The van der Waals surface area contributed by atoms with Gasteiger partial charge >= 0.3 is 0 Å². The Hall–Kier alpha value is -3.63. The summed E-state index contributed by atoms with van der Waals surface area (Å²) in [6, 6.07) is 17.4. The number of benzene rings is 2. The average molecular weight is 386 g/mol. The fourth-order valence-corrected chi connectivity index (χ4v) is 3.44. The maximum Gasteiger partial charge on any atom is 0.138 e. The van der Waals surface area contributed by atoms with Gasteiger partial charge in [-0.1, -0.05) is 0 Å². The zero-order chi connectivity index (χ0) is 20.4. The highest BCUT2D eigenvalue weighted by atomic mass is 16.5. The van der Waals surface area contributed by atoms with Crippen LogP contribution in [0.4, 0.5) is 5.69 Å². The Balaban J connectivity index is 1.50. The van der Waals surface area contributed by atoms with Gasteiger partial charge in [0.05, 0.1) is 28.5 Å². The Morgan fingerprint density at radius 1 is 1.07 bits per heavy atom.